The molecule has 4 atom stereocenters. The Hall–Kier alpha value is -0.440. The summed E-state index contributed by atoms with van der Waals surface area (Å²) >= 11 is 0. The predicted molar refractivity (Wildman–Crippen MR) is 99.2 cm³/mol. The normalized spacial score (nSPS) is 16.7. The third-order valence-electron chi connectivity index (χ3n) is 2.94. The van der Waals surface area contributed by atoms with Crippen LogP contribution >= 0.6 is 10.5 Å². The highest BCUT2D eigenvalue weighted by Crippen LogP contribution is 2.10. The van der Waals surface area contributed by atoms with E-state index in [0.717, 1.165) is 10.6 Å². The molecule has 0 aromatic heterocycles. The van der Waals surface area contributed by atoms with E-state index >= 15 is 0 Å². The first-order valence-electron chi connectivity index (χ1n) is 6.27. The molecule has 0 fully saturated rings. The maximum atomic E-state index is 11.9. The molecule has 0 bridgehead atoms. The highest BCUT2D eigenvalue weighted by molar-refractivity contribution is 8.13. The molecular formula is C14H34N2O4S2. The quantitative estimate of drug-likeness (QED) is 0.633. The summed E-state index contributed by atoms with van der Waals surface area (Å²) in [6, 6.07) is -0.516. The largest absolute Gasteiger partial charge is 0.390 e. The third kappa shape index (κ3) is 10.3. The number of likely N-dealkylation sites (N-methyl/N-ethyl adjacent to an activating group) is 1. The van der Waals surface area contributed by atoms with Crippen LogP contribution in [0.4, 0.5) is 0 Å². The van der Waals surface area contributed by atoms with Crippen LogP contribution in [0.15, 0.2) is 0 Å². The molecule has 136 valence electrons. The molecule has 0 spiro atoms. The van der Waals surface area contributed by atoms with Crippen LogP contribution < -0.4 is 5.32 Å². The van der Waals surface area contributed by atoms with Gasteiger partial charge in [-0.1, -0.05) is 27.6 Å². The van der Waals surface area contributed by atoms with Crippen LogP contribution in [0.1, 0.15) is 28.7 Å². The van der Waals surface area contributed by atoms with Gasteiger partial charge in [-0.05, 0) is 18.9 Å². The zero-order valence-electron chi connectivity index (χ0n) is 12.8. The molecule has 0 aromatic carbocycles. The van der Waals surface area contributed by atoms with Crippen molar-refractivity contribution < 1.29 is 18.3 Å². The molecule has 2 N–H and O–H groups in total. The summed E-state index contributed by atoms with van der Waals surface area (Å²) < 4.78 is 23.6. The fourth-order valence-corrected chi connectivity index (χ4v) is 2.95. The smallest absolute Gasteiger partial charge is 0.223 e. The summed E-state index contributed by atoms with van der Waals surface area (Å²) in [5.41, 5.74) is 0. The first-order chi connectivity index (χ1) is 8.95. The SMILES string of the molecule is C.C.C=S(C)CC(C)C(=O)NC(C)C(O)CN(C)S(C)(=O)=O. The van der Waals surface area contributed by atoms with Crippen molar-refractivity contribution in [1.29, 1.82) is 0 Å². The van der Waals surface area contributed by atoms with Crippen molar-refractivity contribution in [1.82, 2.24) is 9.62 Å². The number of carbonyl (C=O) groups is 1. The maximum absolute atomic E-state index is 11.9. The lowest BCUT2D eigenvalue weighted by Crippen LogP contribution is -2.48. The van der Waals surface area contributed by atoms with Gasteiger partial charge in [-0.2, -0.15) is 10.5 Å². The average Bonchev–Trinajstić information content (AvgIpc) is 2.26. The minimum atomic E-state index is -3.34. The second-order valence-electron chi connectivity index (χ2n) is 5.26. The highest BCUT2D eigenvalue weighted by atomic mass is 32.2. The van der Waals surface area contributed by atoms with Gasteiger partial charge in [0.25, 0.3) is 0 Å². The number of rotatable bonds is 8. The summed E-state index contributed by atoms with van der Waals surface area (Å²) in [6.45, 7) is 3.41. The number of carbonyl (C=O) groups excluding carboxylic acids is 1. The molecule has 1 amide bonds. The molecule has 0 aromatic rings. The maximum Gasteiger partial charge on any atom is 0.223 e. The van der Waals surface area contributed by atoms with Gasteiger partial charge in [0.05, 0.1) is 18.4 Å². The monoisotopic (exact) mass is 358 g/mol. The third-order valence-corrected chi connectivity index (χ3v) is 5.29. The Morgan fingerprint density at radius 1 is 1.36 bits per heavy atom. The van der Waals surface area contributed by atoms with E-state index in [1.54, 1.807) is 6.92 Å². The Bertz CT molecular complexity index is 452. The van der Waals surface area contributed by atoms with E-state index in [0.29, 0.717) is 5.75 Å². The zero-order chi connectivity index (χ0) is 16.1. The lowest BCUT2D eigenvalue weighted by atomic mass is 10.1. The standard InChI is InChI=1S/C12H26N2O4S2.2CH4/c1-9(8-19(4)5)12(16)13-10(2)11(15)7-14(3)20(6,17)18;;/h9-11,15H,4,7-8H2,1-3,5-6H3,(H,13,16);2*1H4. The molecular weight excluding hydrogens is 324 g/mol. The van der Waals surface area contributed by atoms with E-state index in [-0.39, 0.29) is 43.7 Å². The number of nitrogens with zero attached hydrogens (tertiary/aromatic N) is 1. The van der Waals surface area contributed by atoms with Crippen LogP contribution in [-0.2, 0) is 14.8 Å². The van der Waals surface area contributed by atoms with Crippen molar-refractivity contribution >= 4 is 32.3 Å². The van der Waals surface area contributed by atoms with Gasteiger partial charge < -0.3 is 10.4 Å². The highest BCUT2D eigenvalue weighted by Gasteiger charge is 2.23. The van der Waals surface area contributed by atoms with Crippen LogP contribution in [-0.4, -0.2) is 73.6 Å². The molecule has 6 nitrogen and oxygen atoms in total. The van der Waals surface area contributed by atoms with Crippen LogP contribution in [0.2, 0.25) is 0 Å². The van der Waals surface area contributed by atoms with Crippen LogP contribution in [0, 0.1) is 5.92 Å². The van der Waals surface area contributed by atoms with Gasteiger partial charge in [0.1, 0.15) is 0 Å². The molecule has 0 aliphatic heterocycles. The van der Waals surface area contributed by atoms with Crippen LogP contribution in [0.25, 0.3) is 0 Å². The van der Waals surface area contributed by atoms with Gasteiger partial charge in [0, 0.05) is 19.5 Å². The minimum Gasteiger partial charge on any atom is -0.390 e. The number of hydrogen-bond acceptors (Lipinski definition) is 4. The topological polar surface area (TPSA) is 86.7 Å². The molecule has 0 aliphatic rings. The lowest BCUT2D eigenvalue weighted by molar-refractivity contribution is -0.125. The van der Waals surface area contributed by atoms with Gasteiger partial charge in [-0.3, -0.25) is 4.79 Å². The Labute approximate surface area is 139 Å². The Morgan fingerprint density at radius 2 is 1.82 bits per heavy atom. The van der Waals surface area contributed by atoms with Crippen molar-refractivity contribution in [2.45, 2.75) is 40.8 Å². The number of amides is 1. The van der Waals surface area contributed by atoms with Crippen molar-refractivity contribution in [3.05, 3.63) is 0 Å². The van der Waals surface area contributed by atoms with E-state index in [1.807, 2.05) is 13.2 Å². The first-order valence-corrected chi connectivity index (χ1v) is 10.1. The summed E-state index contributed by atoms with van der Waals surface area (Å²) in [6.07, 6.45) is 2.08. The van der Waals surface area contributed by atoms with Gasteiger partial charge in [0.2, 0.25) is 15.9 Å². The van der Waals surface area contributed by atoms with Gasteiger partial charge >= 0.3 is 0 Å². The Balaban J connectivity index is -0.00000180. The number of sulfonamides is 1. The number of aliphatic hydroxyl groups is 1. The molecule has 0 aliphatic carbocycles. The number of aliphatic hydroxyl groups excluding tert-OH is 1. The molecule has 0 saturated carbocycles. The summed E-state index contributed by atoms with van der Waals surface area (Å²) in [4.78, 5) is 11.9. The second kappa shape index (κ2) is 11.2. The van der Waals surface area contributed by atoms with Crippen molar-refractivity contribution in [3.63, 3.8) is 0 Å². The van der Waals surface area contributed by atoms with E-state index in [1.165, 1.54) is 7.05 Å². The van der Waals surface area contributed by atoms with Gasteiger partial charge in [0.15, 0.2) is 0 Å². The Morgan fingerprint density at radius 3 is 2.18 bits per heavy atom. The summed E-state index contributed by atoms with van der Waals surface area (Å²) in [5.74, 6) is 4.23. The van der Waals surface area contributed by atoms with E-state index in [2.05, 4.69) is 11.2 Å². The number of hydrogen-bond donors (Lipinski definition) is 2. The molecule has 22 heavy (non-hydrogen) atoms. The Kier molecular flexibility index (Phi) is 13.4. The number of nitrogens with one attached hydrogen (secondary N) is 1. The lowest BCUT2D eigenvalue weighted by Gasteiger charge is -2.25. The fourth-order valence-electron chi connectivity index (χ4n) is 1.52. The van der Waals surface area contributed by atoms with E-state index in [4.69, 9.17) is 0 Å². The molecule has 0 radical (unpaired) electrons. The van der Waals surface area contributed by atoms with Crippen molar-refractivity contribution in [3.8, 4) is 0 Å². The van der Waals surface area contributed by atoms with Gasteiger partial charge in [-0.15, -0.1) is 0 Å². The van der Waals surface area contributed by atoms with Crippen LogP contribution in [0.5, 0.6) is 0 Å². The van der Waals surface area contributed by atoms with E-state index in [9.17, 15) is 18.3 Å². The molecule has 0 rings (SSSR count). The molecule has 8 heteroatoms. The molecule has 0 heterocycles. The van der Waals surface area contributed by atoms with Gasteiger partial charge in [-0.25, -0.2) is 12.7 Å². The predicted octanol–water partition coefficient (Wildman–Crippen LogP) is 0.982. The van der Waals surface area contributed by atoms with Crippen molar-refractivity contribution in [2.75, 3.05) is 31.9 Å². The molecule has 0 saturated heterocycles. The van der Waals surface area contributed by atoms with Crippen molar-refractivity contribution in [2.24, 2.45) is 5.92 Å². The minimum absolute atomic E-state index is 0. The summed E-state index contributed by atoms with van der Waals surface area (Å²) in [5, 5.41) is 12.6. The van der Waals surface area contributed by atoms with Crippen LogP contribution in [0.3, 0.4) is 0 Å². The van der Waals surface area contributed by atoms with E-state index < -0.39 is 22.2 Å². The fraction of sp³-hybridized carbons (Fsp3) is 0.857. The average molecular weight is 359 g/mol. The molecule has 4 unspecified atom stereocenters. The summed E-state index contributed by atoms with van der Waals surface area (Å²) in [7, 11) is -2.02. The second-order valence-corrected chi connectivity index (χ2v) is 9.24. The zero-order valence-corrected chi connectivity index (χ0v) is 14.4. The first kappa shape index (κ1) is 26.5.